The van der Waals surface area contributed by atoms with Crippen molar-refractivity contribution in [3.63, 3.8) is 0 Å². The summed E-state index contributed by atoms with van der Waals surface area (Å²) in [4.78, 5) is 0. The largest absolute Gasteiger partial charge is 0.494 e. The molecule has 1 fully saturated rings. The molecule has 1 aliphatic heterocycles. The van der Waals surface area contributed by atoms with Crippen molar-refractivity contribution < 1.29 is 9.31 Å². The van der Waals surface area contributed by atoms with Crippen molar-refractivity contribution >= 4 is 23.4 Å². The van der Waals surface area contributed by atoms with Gasteiger partial charge in [-0.2, -0.15) is 0 Å². The fourth-order valence-corrected chi connectivity index (χ4v) is 6.80. The van der Waals surface area contributed by atoms with Gasteiger partial charge >= 0.3 is 7.12 Å². The minimum absolute atomic E-state index is 0.401. The van der Waals surface area contributed by atoms with Crippen LogP contribution in [0.4, 0.5) is 0 Å². The Kier molecular flexibility index (Phi) is 5.81. The molecule has 0 bridgehead atoms. The molecule has 0 aromatic heterocycles. The number of benzene rings is 6. The molecule has 208 valence electrons. The van der Waals surface area contributed by atoms with Gasteiger partial charge in [0.05, 0.1) is 11.2 Å². The van der Waals surface area contributed by atoms with E-state index in [1.807, 2.05) is 0 Å². The Morgan fingerprint density at radius 2 is 0.977 bits per heavy atom. The maximum atomic E-state index is 6.48. The van der Waals surface area contributed by atoms with Crippen molar-refractivity contribution in [1.29, 1.82) is 0 Å². The Morgan fingerprint density at radius 3 is 1.63 bits per heavy atom. The molecule has 2 nitrogen and oxygen atoms in total. The Labute approximate surface area is 254 Å². The molecule has 8 rings (SSSR count). The van der Waals surface area contributed by atoms with Crippen LogP contribution in [0, 0.1) is 0 Å². The Hall–Kier alpha value is -4.44. The zero-order chi connectivity index (χ0) is 29.3. The lowest BCUT2D eigenvalue weighted by molar-refractivity contribution is 0.00578. The van der Waals surface area contributed by atoms with Crippen molar-refractivity contribution in [3.05, 3.63) is 127 Å². The lowest BCUT2D eigenvalue weighted by Crippen LogP contribution is -2.41. The summed E-state index contributed by atoms with van der Waals surface area (Å²) in [5.41, 5.74) is 12.7. The van der Waals surface area contributed by atoms with Crippen LogP contribution in [0.5, 0.6) is 0 Å². The van der Waals surface area contributed by atoms with E-state index in [0.717, 1.165) is 11.0 Å². The monoisotopic (exact) mass is 556 g/mol. The van der Waals surface area contributed by atoms with Crippen LogP contribution in [-0.2, 0) is 9.31 Å². The van der Waals surface area contributed by atoms with Gasteiger partial charge in [0.1, 0.15) is 0 Å². The highest BCUT2D eigenvalue weighted by molar-refractivity contribution is 6.62. The van der Waals surface area contributed by atoms with Crippen molar-refractivity contribution in [2.75, 3.05) is 0 Å². The summed E-state index contributed by atoms with van der Waals surface area (Å²) in [6.45, 7) is 8.43. The van der Waals surface area contributed by atoms with Crippen LogP contribution in [0.1, 0.15) is 27.7 Å². The number of hydrogen-bond donors (Lipinski definition) is 0. The van der Waals surface area contributed by atoms with Crippen LogP contribution < -0.4 is 5.46 Å². The number of hydrogen-bond acceptors (Lipinski definition) is 2. The van der Waals surface area contributed by atoms with Gasteiger partial charge < -0.3 is 9.31 Å². The fourth-order valence-electron chi connectivity index (χ4n) is 6.80. The highest BCUT2D eigenvalue weighted by Crippen LogP contribution is 2.57. The standard InChI is InChI=1S/C40H33BO2/c1-39(2)40(3,4)43-41(42-39)30-21-11-20-29(24-30)34-25-33(26-14-7-5-8-15-26)37-31-22-12-18-27-19-13-23-32(35(27)31)38(37)36(34)28-16-9-6-10-17-28/h5-25H,1-4H3. The molecule has 3 heteroatoms. The summed E-state index contributed by atoms with van der Waals surface area (Å²) in [5.74, 6) is 0. The molecule has 1 aliphatic carbocycles. The highest BCUT2D eigenvalue weighted by atomic mass is 16.7. The fraction of sp³-hybridized carbons (Fsp3) is 0.150. The van der Waals surface area contributed by atoms with Crippen LogP contribution in [-0.4, -0.2) is 18.3 Å². The van der Waals surface area contributed by atoms with Gasteiger partial charge in [0.15, 0.2) is 0 Å². The van der Waals surface area contributed by atoms with Crippen molar-refractivity contribution in [2.45, 2.75) is 38.9 Å². The van der Waals surface area contributed by atoms with Gasteiger partial charge in [-0.3, -0.25) is 0 Å². The molecule has 0 amide bonds. The number of rotatable bonds is 4. The van der Waals surface area contributed by atoms with E-state index in [4.69, 9.17) is 9.31 Å². The van der Waals surface area contributed by atoms with Crippen LogP contribution in [0.3, 0.4) is 0 Å². The molecule has 6 aromatic rings. The van der Waals surface area contributed by atoms with Gasteiger partial charge in [-0.25, -0.2) is 0 Å². The molecule has 1 heterocycles. The van der Waals surface area contributed by atoms with Gasteiger partial charge in [0.25, 0.3) is 0 Å². The zero-order valence-corrected chi connectivity index (χ0v) is 25.0. The molecule has 0 unspecified atom stereocenters. The average molecular weight is 557 g/mol. The maximum Gasteiger partial charge on any atom is 0.494 e. The minimum atomic E-state index is -0.425. The average Bonchev–Trinajstić information content (AvgIpc) is 3.48. The first kappa shape index (κ1) is 26.2. The maximum absolute atomic E-state index is 6.48. The van der Waals surface area contributed by atoms with Crippen molar-refractivity contribution in [3.8, 4) is 55.6 Å². The predicted molar refractivity (Wildman–Crippen MR) is 180 cm³/mol. The smallest absolute Gasteiger partial charge is 0.399 e. The first-order valence-electron chi connectivity index (χ1n) is 15.1. The Morgan fingerprint density at radius 1 is 0.442 bits per heavy atom. The van der Waals surface area contributed by atoms with Crippen LogP contribution in [0.15, 0.2) is 127 Å². The first-order valence-corrected chi connectivity index (χ1v) is 15.1. The van der Waals surface area contributed by atoms with Crippen molar-refractivity contribution in [1.82, 2.24) is 0 Å². The van der Waals surface area contributed by atoms with Crippen LogP contribution in [0.2, 0.25) is 0 Å². The zero-order valence-electron chi connectivity index (χ0n) is 25.0. The summed E-state index contributed by atoms with van der Waals surface area (Å²) < 4.78 is 13.0. The van der Waals surface area contributed by atoms with Gasteiger partial charge in [-0.05, 0) is 106 Å². The molecular formula is C40H33BO2. The Bertz CT molecular complexity index is 2000. The van der Waals surface area contributed by atoms with E-state index < -0.39 is 18.3 Å². The SMILES string of the molecule is CC1(C)OB(c2cccc(-c3cc(-c4ccccc4)c4c(c3-c3ccccc3)-c3cccc5cccc-4c35)c2)OC1(C)C. The summed E-state index contributed by atoms with van der Waals surface area (Å²) in [6.07, 6.45) is 0. The molecule has 43 heavy (non-hydrogen) atoms. The van der Waals surface area contributed by atoms with Crippen LogP contribution in [0.25, 0.3) is 66.4 Å². The number of fused-ring (bicyclic) bond motifs is 3. The van der Waals surface area contributed by atoms with Gasteiger partial charge in [-0.15, -0.1) is 0 Å². The molecule has 1 saturated heterocycles. The van der Waals surface area contributed by atoms with Gasteiger partial charge in [0, 0.05) is 0 Å². The highest BCUT2D eigenvalue weighted by Gasteiger charge is 2.51. The first-order chi connectivity index (χ1) is 20.8. The van der Waals surface area contributed by atoms with Crippen molar-refractivity contribution in [2.24, 2.45) is 0 Å². The normalized spacial score (nSPS) is 16.0. The minimum Gasteiger partial charge on any atom is -0.399 e. The molecular weight excluding hydrogens is 523 g/mol. The third kappa shape index (κ3) is 4.03. The van der Waals surface area contributed by atoms with E-state index in [9.17, 15) is 0 Å². The van der Waals surface area contributed by atoms with Gasteiger partial charge in [-0.1, -0.05) is 121 Å². The summed E-state index contributed by atoms with van der Waals surface area (Å²) in [7, 11) is -0.425. The molecule has 0 N–H and O–H groups in total. The summed E-state index contributed by atoms with van der Waals surface area (Å²) >= 11 is 0. The second-order valence-electron chi connectivity index (χ2n) is 12.8. The summed E-state index contributed by atoms with van der Waals surface area (Å²) in [5, 5.41) is 2.60. The molecule has 0 radical (unpaired) electrons. The second kappa shape index (κ2) is 9.54. The molecule has 0 spiro atoms. The Balaban J connectivity index is 1.44. The molecule has 0 saturated carbocycles. The van der Waals surface area contributed by atoms with E-state index in [-0.39, 0.29) is 0 Å². The quantitative estimate of drug-likeness (QED) is 0.201. The summed E-state index contributed by atoms with van der Waals surface area (Å²) in [6, 6.07) is 46.2. The van der Waals surface area contributed by atoms with Gasteiger partial charge in [0.2, 0.25) is 0 Å². The molecule has 0 atom stereocenters. The van der Waals surface area contributed by atoms with E-state index in [2.05, 4.69) is 155 Å². The topological polar surface area (TPSA) is 18.5 Å². The van der Waals surface area contributed by atoms with E-state index in [1.165, 1.54) is 60.8 Å². The molecule has 2 aliphatic rings. The van der Waals surface area contributed by atoms with Crippen LogP contribution >= 0.6 is 0 Å². The second-order valence-corrected chi connectivity index (χ2v) is 12.8. The lowest BCUT2D eigenvalue weighted by atomic mass is 9.76. The third-order valence-corrected chi connectivity index (χ3v) is 9.64. The van der Waals surface area contributed by atoms with E-state index in [1.54, 1.807) is 0 Å². The lowest BCUT2D eigenvalue weighted by Gasteiger charge is -2.32. The third-order valence-electron chi connectivity index (χ3n) is 9.64. The van der Waals surface area contributed by atoms with E-state index in [0.29, 0.717) is 0 Å². The predicted octanol–water partition coefficient (Wildman–Crippen LogP) is 9.79. The van der Waals surface area contributed by atoms with E-state index >= 15 is 0 Å². The molecule has 6 aromatic carbocycles.